The van der Waals surface area contributed by atoms with Crippen molar-refractivity contribution in [1.29, 1.82) is 0 Å². The summed E-state index contributed by atoms with van der Waals surface area (Å²) in [6.45, 7) is 0.485. The van der Waals surface area contributed by atoms with E-state index in [0.717, 1.165) is 33.7 Å². The number of para-hydroxylation sites is 2. The van der Waals surface area contributed by atoms with E-state index in [4.69, 9.17) is 0 Å². The Labute approximate surface area is 181 Å². The summed E-state index contributed by atoms with van der Waals surface area (Å²) in [6.07, 6.45) is 7.02. The molecular formula is C22H18N10. The van der Waals surface area contributed by atoms with Gasteiger partial charge in [0.1, 0.15) is 11.3 Å². The summed E-state index contributed by atoms with van der Waals surface area (Å²) in [7, 11) is 0. The van der Waals surface area contributed by atoms with E-state index in [0.29, 0.717) is 24.0 Å². The molecule has 0 aliphatic heterocycles. The largest absolute Gasteiger partial charge is 0.361 e. The number of aromatic nitrogens is 8. The van der Waals surface area contributed by atoms with Gasteiger partial charge in [-0.1, -0.05) is 12.1 Å². The highest BCUT2D eigenvalue weighted by atomic mass is 15.2. The lowest BCUT2D eigenvalue weighted by Crippen LogP contribution is -2.06. The van der Waals surface area contributed by atoms with E-state index in [1.165, 1.54) is 0 Å². The minimum Gasteiger partial charge on any atom is -0.361 e. The fourth-order valence-corrected chi connectivity index (χ4v) is 3.53. The van der Waals surface area contributed by atoms with Gasteiger partial charge in [-0.05, 0) is 36.4 Å². The number of nitrogens with one attached hydrogen (secondary N) is 4. The van der Waals surface area contributed by atoms with Crippen molar-refractivity contribution in [2.75, 3.05) is 10.6 Å². The Morgan fingerprint density at radius 2 is 1.88 bits per heavy atom. The van der Waals surface area contributed by atoms with Crippen molar-refractivity contribution in [3.63, 3.8) is 0 Å². The second kappa shape index (κ2) is 7.51. The molecule has 32 heavy (non-hydrogen) atoms. The summed E-state index contributed by atoms with van der Waals surface area (Å²) >= 11 is 0. The van der Waals surface area contributed by atoms with Gasteiger partial charge in [0.2, 0.25) is 5.95 Å². The van der Waals surface area contributed by atoms with Crippen LogP contribution in [0.3, 0.4) is 0 Å². The second-order valence-corrected chi connectivity index (χ2v) is 7.19. The lowest BCUT2D eigenvalue weighted by Gasteiger charge is -2.10. The van der Waals surface area contributed by atoms with Gasteiger partial charge in [0.05, 0.1) is 30.2 Å². The van der Waals surface area contributed by atoms with Crippen LogP contribution >= 0.6 is 0 Å². The monoisotopic (exact) mass is 422 g/mol. The van der Waals surface area contributed by atoms with E-state index < -0.39 is 0 Å². The summed E-state index contributed by atoms with van der Waals surface area (Å²) in [5.74, 6) is 1.92. The molecule has 0 saturated heterocycles. The Bertz CT molecular complexity index is 1460. The first kappa shape index (κ1) is 18.1. The van der Waals surface area contributed by atoms with Crippen LogP contribution in [0.15, 0.2) is 73.6 Å². The first-order chi connectivity index (χ1) is 15.8. The number of anilines is 3. The zero-order valence-corrected chi connectivity index (χ0v) is 16.8. The molecule has 0 aliphatic carbocycles. The molecule has 4 N–H and O–H groups in total. The predicted octanol–water partition coefficient (Wildman–Crippen LogP) is 3.77. The quantitative estimate of drug-likeness (QED) is 0.322. The molecular weight excluding hydrogens is 404 g/mol. The SMILES string of the molecule is c1ccc2[nH]c(CNc3nc(Nc4ccc(-n5ccnc5)cc4)nc4nc[nH]c34)nc2c1. The minimum atomic E-state index is 0.451. The van der Waals surface area contributed by atoms with Gasteiger partial charge in [0.15, 0.2) is 11.5 Å². The lowest BCUT2D eigenvalue weighted by atomic mass is 10.3. The lowest BCUT2D eigenvalue weighted by molar-refractivity contribution is 0.997. The highest BCUT2D eigenvalue weighted by molar-refractivity contribution is 5.84. The summed E-state index contributed by atoms with van der Waals surface area (Å²) in [5, 5.41) is 6.59. The summed E-state index contributed by atoms with van der Waals surface area (Å²) in [4.78, 5) is 28.6. The van der Waals surface area contributed by atoms with Crippen LogP contribution < -0.4 is 10.6 Å². The van der Waals surface area contributed by atoms with Crippen LogP contribution in [0.5, 0.6) is 0 Å². The zero-order valence-electron chi connectivity index (χ0n) is 16.8. The Kier molecular flexibility index (Phi) is 4.24. The molecule has 6 aromatic rings. The van der Waals surface area contributed by atoms with Crippen molar-refractivity contribution in [2.24, 2.45) is 0 Å². The molecule has 6 rings (SSSR count). The number of benzene rings is 2. The average Bonchev–Trinajstić information content (AvgIpc) is 3.58. The van der Waals surface area contributed by atoms with Crippen LogP contribution in [-0.2, 0) is 6.54 Å². The fraction of sp³-hybridized carbons (Fsp3) is 0.0455. The molecule has 0 unspecified atom stereocenters. The van der Waals surface area contributed by atoms with Crippen LogP contribution in [0, 0.1) is 0 Å². The standard InChI is InChI=1S/C22H18N10/c1-2-4-17-16(3-1)28-18(29-17)11-24-20-19-21(26-12-25-19)31-22(30-20)27-14-5-7-15(8-6-14)32-10-9-23-13-32/h1-10,12-13H,11H2,(H,28,29)(H3,24,25,26,27,30,31). The third-order valence-corrected chi connectivity index (χ3v) is 5.07. The van der Waals surface area contributed by atoms with E-state index in [9.17, 15) is 0 Å². The van der Waals surface area contributed by atoms with E-state index in [2.05, 4.69) is 45.5 Å². The summed E-state index contributed by atoms with van der Waals surface area (Å²) in [6, 6.07) is 15.9. The maximum Gasteiger partial charge on any atom is 0.231 e. The van der Waals surface area contributed by atoms with E-state index >= 15 is 0 Å². The molecule has 0 spiro atoms. The number of fused-ring (bicyclic) bond motifs is 2. The molecule has 0 atom stereocenters. The fourth-order valence-electron chi connectivity index (χ4n) is 3.53. The average molecular weight is 422 g/mol. The van der Waals surface area contributed by atoms with E-state index in [-0.39, 0.29) is 0 Å². The number of nitrogens with zero attached hydrogens (tertiary/aromatic N) is 6. The van der Waals surface area contributed by atoms with Gasteiger partial charge in [-0.15, -0.1) is 0 Å². The van der Waals surface area contributed by atoms with Crippen LogP contribution in [-0.4, -0.2) is 39.5 Å². The van der Waals surface area contributed by atoms with Crippen LogP contribution in [0.4, 0.5) is 17.5 Å². The maximum atomic E-state index is 4.65. The topological polar surface area (TPSA) is 125 Å². The number of imidazole rings is 3. The molecule has 4 aromatic heterocycles. The minimum absolute atomic E-state index is 0.451. The normalized spacial score (nSPS) is 11.2. The molecule has 0 saturated carbocycles. The maximum absolute atomic E-state index is 4.65. The van der Waals surface area contributed by atoms with Crippen LogP contribution in [0.25, 0.3) is 27.9 Å². The highest BCUT2D eigenvalue weighted by Gasteiger charge is 2.11. The Balaban J connectivity index is 1.25. The van der Waals surface area contributed by atoms with Crippen molar-refractivity contribution in [3.05, 3.63) is 79.4 Å². The summed E-state index contributed by atoms with van der Waals surface area (Å²) < 4.78 is 1.94. The molecule has 0 bridgehead atoms. The molecule has 2 aromatic carbocycles. The van der Waals surface area contributed by atoms with Crippen LogP contribution in [0.1, 0.15) is 5.82 Å². The van der Waals surface area contributed by atoms with Gasteiger partial charge in [-0.2, -0.15) is 9.97 Å². The number of H-pyrrole nitrogens is 2. The summed E-state index contributed by atoms with van der Waals surface area (Å²) in [5.41, 5.74) is 5.13. The van der Waals surface area contributed by atoms with Crippen molar-refractivity contribution in [3.8, 4) is 5.69 Å². The highest BCUT2D eigenvalue weighted by Crippen LogP contribution is 2.22. The molecule has 0 radical (unpaired) electrons. The predicted molar refractivity (Wildman–Crippen MR) is 122 cm³/mol. The van der Waals surface area contributed by atoms with Gasteiger partial charge in [0, 0.05) is 23.8 Å². The second-order valence-electron chi connectivity index (χ2n) is 7.19. The molecule has 10 nitrogen and oxygen atoms in total. The molecule has 0 amide bonds. The van der Waals surface area contributed by atoms with Gasteiger partial charge in [-0.25, -0.2) is 15.0 Å². The molecule has 156 valence electrons. The molecule has 10 heteroatoms. The van der Waals surface area contributed by atoms with Crippen LogP contribution in [0.2, 0.25) is 0 Å². The first-order valence-electron chi connectivity index (χ1n) is 10.1. The van der Waals surface area contributed by atoms with Crippen molar-refractivity contribution in [1.82, 2.24) is 39.5 Å². The van der Waals surface area contributed by atoms with Crippen molar-refractivity contribution in [2.45, 2.75) is 6.54 Å². The molecule has 0 aliphatic rings. The third-order valence-electron chi connectivity index (χ3n) is 5.07. The number of hydrogen-bond acceptors (Lipinski definition) is 7. The zero-order chi connectivity index (χ0) is 21.3. The van der Waals surface area contributed by atoms with Gasteiger partial charge >= 0.3 is 0 Å². The van der Waals surface area contributed by atoms with Gasteiger partial charge in [-0.3, -0.25) is 0 Å². The smallest absolute Gasteiger partial charge is 0.231 e. The number of hydrogen-bond donors (Lipinski definition) is 4. The Morgan fingerprint density at radius 1 is 0.969 bits per heavy atom. The Hall–Kier alpha value is -4.73. The number of aromatic amines is 2. The Morgan fingerprint density at radius 3 is 2.72 bits per heavy atom. The van der Waals surface area contributed by atoms with E-state index in [1.807, 2.05) is 59.3 Å². The number of rotatable bonds is 6. The first-order valence-corrected chi connectivity index (χ1v) is 10.1. The van der Waals surface area contributed by atoms with E-state index in [1.54, 1.807) is 18.9 Å². The molecule has 4 heterocycles. The van der Waals surface area contributed by atoms with Gasteiger partial charge < -0.3 is 25.2 Å². The van der Waals surface area contributed by atoms with Crippen molar-refractivity contribution >= 4 is 39.7 Å². The third kappa shape index (κ3) is 3.39. The van der Waals surface area contributed by atoms with Gasteiger partial charge in [0.25, 0.3) is 0 Å². The van der Waals surface area contributed by atoms with Crippen molar-refractivity contribution < 1.29 is 0 Å². The molecule has 0 fully saturated rings.